The minimum atomic E-state index is 0.148. The average molecular weight is 440 g/mol. The fraction of sp³-hybridized carbons (Fsp3) is 0.615. The van der Waals surface area contributed by atoms with Gasteiger partial charge in [0, 0.05) is 44.3 Å². The lowest BCUT2D eigenvalue weighted by atomic mass is 10.0. The van der Waals surface area contributed by atoms with E-state index >= 15 is 0 Å². The van der Waals surface area contributed by atoms with Crippen LogP contribution in [0.15, 0.2) is 34.9 Å². The molecule has 0 bridgehead atoms. The van der Waals surface area contributed by atoms with E-state index in [9.17, 15) is 4.79 Å². The molecule has 174 valence electrons. The molecule has 0 radical (unpaired) electrons. The number of ether oxygens (including phenoxy) is 1. The molecule has 2 aliphatic rings. The second kappa shape index (κ2) is 11.0. The van der Waals surface area contributed by atoms with Crippen LogP contribution in [0.3, 0.4) is 0 Å². The van der Waals surface area contributed by atoms with Gasteiger partial charge in [-0.3, -0.25) is 4.79 Å². The lowest BCUT2D eigenvalue weighted by Crippen LogP contribution is -2.39. The number of hydrogen-bond donors (Lipinski definition) is 0. The van der Waals surface area contributed by atoms with Gasteiger partial charge in [0.05, 0.1) is 12.1 Å². The molecular weight excluding hydrogens is 402 g/mol. The molecule has 2 aromatic rings. The highest BCUT2D eigenvalue weighted by Gasteiger charge is 2.32. The minimum absolute atomic E-state index is 0.148. The highest BCUT2D eigenvalue weighted by Crippen LogP contribution is 2.36. The number of anilines is 1. The maximum Gasteiger partial charge on any atom is 0.233 e. The van der Waals surface area contributed by atoms with E-state index in [1.165, 1.54) is 6.42 Å². The third-order valence-corrected chi connectivity index (χ3v) is 7.02. The largest absolute Gasteiger partial charge is 0.385 e. The zero-order chi connectivity index (χ0) is 22.3. The summed E-state index contributed by atoms with van der Waals surface area (Å²) >= 11 is 0. The predicted molar refractivity (Wildman–Crippen MR) is 126 cm³/mol. The average Bonchev–Trinajstić information content (AvgIpc) is 3.50. The highest BCUT2D eigenvalue weighted by atomic mass is 16.5. The molecule has 1 amide bonds. The summed E-state index contributed by atoms with van der Waals surface area (Å²) in [5.74, 6) is 1.26. The van der Waals surface area contributed by atoms with Crippen LogP contribution < -0.4 is 4.90 Å². The fourth-order valence-electron chi connectivity index (χ4n) is 5.18. The van der Waals surface area contributed by atoms with Crippen LogP contribution in [0.1, 0.15) is 63.9 Å². The Balaban J connectivity index is 1.67. The Morgan fingerprint density at radius 3 is 2.62 bits per heavy atom. The molecule has 1 aromatic carbocycles. The van der Waals surface area contributed by atoms with Gasteiger partial charge in [-0.25, -0.2) is 0 Å². The molecule has 2 fully saturated rings. The number of carbonyl (C=O) groups excluding carboxylic acids is 1. The van der Waals surface area contributed by atoms with Crippen molar-refractivity contribution < 1.29 is 14.1 Å². The summed E-state index contributed by atoms with van der Waals surface area (Å²) in [5.41, 5.74) is 2.93. The maximum absolute atomic E-state index is 13.5. The summed E-state index contributed by atoms with van der Waals surface area (Å²) < 4.78 is 11.3. The van der Waals surface area contributed by atoms with E-state index < -0.39 is 0 Å². The van der Waals surface area contributed by atoms with E-state index in [0.717, 1.165) is 74.2 Å². The van der Waals surface area contributed by atoms with Crippen molar-refractivity contribution in [3.8, 4) is 11.3 Å². The normalized spacial score (nSPS) is 19.4. The zero-order valence-electron chi connectivity index (χ0n) is 19.6. The third-order valence-electron chi connectivity index (χ3n) is 7.02. The van der Waals surface area contributed by atoms with Gasteiger partial charge in [-0.15, -0.1) is 0 Å². The van der Waals surface area contributed by atoms with Gasteiger partial charge in [-0.05, 0) is 45.4 Å². The second-order valence-electron chi connectivity index (χ2n) is 9.31. The van der Waals surface area contributed by atoms with E-state index in [4.69, 9.17) is 9.26 Å². The van der Waals surface area contributed by atoms with E-state index in [-0.39, 0.29) is 11.8 Å². The first-order valence-corrected chi connectivity index (χ1v) is 12.3. The van der Waals surface area contributed by atoms with Crippen LogP contribution >= 0.6 is 0 Å². The van der Waals surface area contributed by atoms with Gasteiger partial charge >= 0.3 is 0 Å². The Morgan fingerprint density at radius 1 is 1.16 bits per heavy atom. The summed E-state index contributed by atoms with van der Waals surface area (Å²) in [6.45, 7) is 5.11. The Labute approximate surface area is 191 Å². The van der Waals surface area contributed by atoms with Crippen molar-refractivity contribution in [3.63, 3.8) is 0 Å². The summed E-state index contributed by atoms with van der Waals surface area (Å²) in [4.78, 5) is 17.9. The maximum atomic E-state index is 13.5. The highest BCUT2D eigenvalue weighted by molar-refractivity contribution is 5.80. The molecular formula is C26H37N3O3. The van der Waals surface area contributed by atoms with Crippen LogP contribution in [-0.4, -0.2) is 48.8 Å². The number of methoxy groups -OCH3 is 1. The van der Waals surface area contributed by atoms with Gasteiger partial charge in [0.25, 0.3) is 0 Å². The molecule has 1 saturated heterocycles. The van der Waals surface area contributed by atoms with E-state index in [0.29, 0.717) is 25.7 Å². The Kier molecular flexibility index (Phi) is 7.85. The minimum Gasteiger partial charge on any atom is -0.385 e. The van der Waals surface area contributed by atoms with Gasteiger partial charge < -0.3 is 19.1 Å². The topological polar surface area (TPSA) is 58.8 Å². The van der Waals surface area contributed by atoms with Gasteiger partial charge in [0.1, 0.15) is 5.69 Å². The van der Waals surface area contributed by atoms with Gasteiger partial charge in [0.2, 0.25) is 11.8 Å². The summed E-state index contributed by atoms with van der Waals surface area (Å²) in [5, 5.41) is 4.52. The summed E-state index contributed by atoms with van der Waals surface area (Å²) in [6.07, 6.45) is 8.70. The van der Waals surface area contributed by atoms with Crippen LogP contribution in [0, 0.1) is 5.92 Å². The van der Waals surface area contributed by atoms with Crippen molar-refractivity contribution in [1.29, 1.82) is 0 Å². The summed E-state index contributed by atoms with van der Waals surface area (Å²) in [6, 6.07) is 10.6. The van der Waals surface area contributed by atoms with Crippen molar-refractivity contribution >= 4 is 11.8 Å². The molecule has 6 nitrogen and oxygen atoms in total. The fourth-order valence-corrected chi connectivity index (χ4v) is 5.18. The molecule has 32 heavy (non-hydrogen) atoms. The predicted octanol–water partition coefficient (Wildman–Crippen LogP) is 5.28. The molecule has 2 heterocycles. The van der Waals surface area contributed by atoms with Crippen LogP contribution in [0.4, 0.5) is 5.88 Å². The lowest BCUT2D eigenvalue weighted by molar-refractivity contribution is -0.136. The molecule has 1 aliphatic heterocycles. The van der Waals surface area contributed by atoms with E-state index in [1.807, 2.05) is 23.1 Å². The third kappa shape index (κ3) is 5.17. The smallest absolute Gasteiger partial charge is 0.233 e. The Hall–Kier alpha value is -2.34. The molecule has 1 aromatic heterocycles. The van der Waals surface area contributed by atoms with Crippen molar-refractivity contribution in [2.24, 2.45) is 5.92 Å². The zero-order valence-corrected chi connectivity index (χ0v) is 19.6. The van der Waals surface area contributed by atoms with Gasteiger partial charge in [0.15, 0.2) is 0 Å². The first kappa shape index (κ1) is 22.8. The molecule has 4 rings (SSSR count). The SMILES string of the molecule is COCCCN(Cc1c(-c2ccccc2)noc1N1CCCC[C@H]1C)C(=O)C1CCCC1. The van der Waals surface area contributed by atoms with Crippen LogP contribution in [0.25, 0.3) is 11.3 Å². The standard InChI is InChI=1S/C26H37N3O3/c1-20-11-8-9-17-29(20)26-23(24(27-32-26)21-12-4-3-5-13-21)19-28(16-10-18-31-2)25(30)22-14-6-7-15-22/h3-5,12-13,20,22H,6-11,14-19H2,1-2H3/t20-/m1/s1. The molecule has 1 atom stereocenters. The molecule has 1 aliphatic carbocycles. The second-order valence-corrected chi connectivity index (χ2v) is 9.31. The van der Waals surface area contributed by atoms with Crippen LogP contribution in [0.2, 0.25) is 0 Å². The molecule has 0 N–H and O–H groups in total. The molecule has 1 saturated carbocycles. The van der Waals surface area contributed by atoms with Crippen LogP contribution in [0.5, 0.6) is 0 Å². The molecule has 0 spiro atoms. The van der Waals surface area contributed by atoms with Crippen LogP contribution in [-0.2, 0) is 16.1 Å². The van der Waals surface area contributed by atoms with Crippen molar-refractivity contribution in [1.82, 2.24) is 10.1 Å². The lowest BCUT2D eigenvalue weighted by Gasteiger charge is -2.34. The van der Waals surface area contributed by atoms with E-state index in [1.54, 1.807) is 7.11 Å². The number of amides is 1. The monoisotopic (exact) mass is 439 g/mol. The number of rotatable bonds is 9. The van der Waals surface area contributed by atoms with Crippen molar-refractivity contribution in [2.75, 3.05) is 31.7 Å². The number of benzene rings is 1. The van der Waals surface area contributed by atoms with Gasteiger partial charge in [-0.2, -0.15) is 0 Å². The van der Waals surface area contributed by atoms with E-state index in [2.05, 4.69) is 29.1 Å². The van der Waals surface area contributed by atoms with Crippen molar-refractivity contribution in [3.05, 3.63) is 35.9 Å². The number of piperidine rings is 1. The number of carbonyl (C=O) groups is 1. The molecule has 6 heteroatoms. The van der Waals surface area contributed by atoms with Crippen molar-refractivity contribution in [2.45, 2.75) is 70.9 Å². The number of hydrogen-bond acceptors (Lipinski definition) is 5. The quantitative estimate of drug-likeness (QED) is 0.498. The number of nitrogens with zero attached hydrogens (tertiary/aromatic N) is 3. The Bertz CT molecular complexity index is 860. The first-order valence-electron chi connectivity index (χ1n) is 12.3. The first-order chi connectivity index (χ1) is 15.7. The van der Waals surface area contributed by atoms with Gasteiger partial charge in [-0.1, -0.05) is 48.3 Å². The number of aromatic nitrogens is 1. The summed E-state index contributed by atoms with van der Waals surface area (Å²) in [7, 11) is 1.71. The molecule has 0 unspecified atom stereocenters. The Morgan fingerprint density at radius 2 is 1.91 bits per heavy atom.